The molecule has 0 saturated heterocycles. The van der Waals surface area contributed by atoms with E-state index in [0.717, 1.165) is 5.56 Å². The van der Waals surface area contributed by atoms with E-state index in [2.05, 4.69) is 30.3 Å². The Morgan fingerprint density at radius 1 is 1.14 bits per heavy atom. The first-order valence-corrected chi connectivity index (χ1v) is 7.29. The summed E-state index contributed by atoms with van der Waals surface area (Å²) in [6.45, 7) is 5.90. The lowest BCUT2D eigenvalue weighted by Crippen LogP contribution is -2.33. The predicted molar refractivity (Wildman–Crippen MR) is 86.0 cm³/mol. The first kappa shape index (κ1) is 15.5. The van der Waals surface area contributed by atoms with Crippen LogP contribution in [0.1, 0.15) is 26.3 Å². The Hall–Kier alpha value is -1.87. The summed E-state index contributed by atoms with van der Waals surface area (Å²) in [5, 5.41) is 2.37. The van der Waals surface area contributed by atoms with E-state index in [0.29, 0.717) is 13.0 Å². The molecule has 3 nitrogen and oxygen atoms in total. The van der Waals surface area contributed by atoms with Crippen LogP contribution in [0, 0.1) is 5.92 Å². The van der Waals surface area contributed by atoms with Gasteiger partial charge in [0.05, 0.1) is 5.92 Å². The molecule has 1 unspecified atom stereocenters. The summed E-state index contributed by atoms with van der Waals surface area (Å²) in [5.41, 5.74) is 6.38. The van der Waals surface area contributed by atoms with Gasteiger partial charge in [-0.2, -0.15) is 0 Å². The molecule has 0 fully saturated rings. The number of ether oxygens (including phenoxy) is 1. The highest BCUT2D eigenvalue weighted by Gasteiger charge is 2.24. The zero-order valence-electron chi connectivity index (χ0n) is 12.9. The van der Waals surface area contributed by atoms with Gasteiger partial charge in [0.25, 0.3) is 0 Å². The van der Waals surface area contributed by atoms with Crippen LogP contribution in [0.3, 0.4) is 0 Å². The Morgan fingerprint density at radius 2 is 1.81 bits per heavy atom. The second-order valence-corrected chi connectivity index (χ2v) is 6.35. The fraction of sp³-hybridized carbons (Fsp3) is 0.389. The van der Waals surface area contributed by atoms with Crippen LogP contribution >= 0.6 is 0 Å². The van der Waals surface area contributed by atoms with Crippen molar-refractivity contribution in [1.82, 2.24) is 0 Å². The van der Waals surface area contributed by atoms with Gasteiger partial charge in [0, 0.05) is 6.54 Å². The molecule has 0 radical (unpaired) electrons. The van der Waals surface area contributed by atoms with Gasteiger partial charge in [-0.3, -0.25) is 4.79 Å². The minimum atomic E-state index is -0.478. The molecule has 2 aromatic carbocycles. The summed E-state index contributed by atoms with van der Waals surface area (Å²) in [4.78, 5) is 12.2. The smallest absolute Gasteiger partial charge is 0.311 e. The largest absolute Gasteiger partial charge is 0.460 e. The Labute approximate surface area is 126 Å². The molecule has 112 valence electrons. The molecular weight excluding hydrogens is 262 g/mol. The van der Waals surface area contributed by atoms with E-state index in [4.69, 9.17) is 10.5 Å². The molecule has 0 aliphatic rings. The van der Waals surface area contributed by atoms with E-state index in [1.165, 1.54) is 10.8 Å². The van der Waals surface area contributed by atoms with E-state index >= 15 is 0 Å². The standard InChI is InChI=1S/C18H23NO2/c1-18(2,3)21-17(20)16(12-19)11-13-8-9-14-6-4-5-7-15(14)10-13/h4-10,16H,11-12,19H2,1-3H3. The summed E-state index contributed by atoms with van der Waals surface area (Å²) < 4.78 is 5.43. The Morgan fingerprint density at radius 3 is 2.43 bits per heavy atom. The second-order valence-electron chi connectivity index (χ2n) is 6.35. The van der Waals surface area contributed by atoms with Crippen molar-refractivity contribution in [2.45, 2.75) is 32.8 Å². The van der Waals surface area contributed by atoms with Crippen LogP contribution in [0.15, 0.2) is 42.5 Å². The van der Waals surface area contributed by atoms with Crippen molar-refractivity contribution in [3.63, 3.8) is 0 Å². The van der Waals surface area contributed by atoms with Gasteiger partial charge in [0.1, 0.15) is 5.60 Å². The quantitative estimate of drug-likeness (QED) is 0.877. The van der Waals surface area contributed by atoms with E-state index < -0.39 is 5.60 Å². The predicted octanol–water partition coefficient (Wildman–Crippen LogP) is 3.30. The van der Waals surface area contributed by atoms with E-state index in [9.17, 15) is 4.79 Å². The first-order chi connectivity index (χ1) is 9.89. The number of fused-ring (bicyclic) bond motifs is 1. The molecule has 0 heterocycles. The number of carbonyl (C=O) groups excluding carboxylic acids is 1. The molecular formula is C18H23NO2. The maximum atomic E-state index is 12.2. The van der Waals surface area contributed by atoms with Crippen molar-refractivity contribution < 1.29 is 9.53 Å². The SMILES string of the molecule is CC(C)(C)OC(=O)C(CN)Cc1ccc2ccccc2c1. The summed E-state index contributed by atoms with van der Waals surface area (Å²) in [5.74, 6) is -0.524. The number of rotatable bonds is 4. The Kier molecular flexibility index (Phi) is 4.63. The maximum absolute atomic E-state index is 12.2. The lowest BCUT2D eigenvalue weighted by atomic mass is 9.97. The lowest BCUT2D eigenvalue weighted by Gasteiger charge is -2.23. The van der Waals surface area contributed by atoms with Crippen LogP contribution in [0.4, 0.5) is 0 Å². The number of carbonyl (C=O) groups is 1. The number of hydrogen-bond donors (Lipinski definition) is 1. The van der Waals surface area contributed by atoms with Gasteiger partial charge in [-0.05, 0) is 43.5 Å². The molecule has 0 bridgehead atoms. The van der Waals surface area contributed by atoms with Gasteiger partial charge in [-0.1, -0.05) is 42.5 Å². The van der Waals surface area contributed by atoms with Crippen molar-refractivity contribution in [2.75, 3.05) is 6.54 Å². The molecule has 0 spiro atoms. The van der Waals surface area contributed by atoms with Gasteiger partial charge in [-0.25, -0.2) is 0 Å². The molecule has 21 heavy (non-hydrogen) atoms. The van der Waals surface area contributed by atoms with Crippen molar-refractivity contribution in [3.05, 3.63) is 48.0 Å². The highest BCUT2D eigenvalue weighted by molar-refractivity contribution is 5.83. The zero-order valence-corrected chi connectivity index (χ0v) is 12.9. The van der Waals surface area contributed by atoms with E-state index in [1.54, 1.807) is 0 Å². The summed E-state index contributed by atoms with van der Waals surface area (Å²) in [7, 11) is 0. The molecule has 0 aromatic heterocycles. The molecule has 2 aromatic rings. The minimum absolute atomic E-state index is 0.224. The first-order valence-electron chi connectivity index (χ1n) is 7.29. The van der Waals surface area contributed by atoms with Crippen molar-refractivity contribution in [2.24, 2.45) is 11.7 Å². The van der Waals surface area contributed by atoms with Gasteiger partial charge in [-0.15, -0.1) is 0 Å². The van der Waals surface area contributed by atoms with Crippen molar-refractivity contribution in [1.29, 1.82) is 0 Å². The third-order valence-corrected chi connectivity index (χ3v) is 3.32. The van der Waals surface area contributed by atoms with Crippen molar-refractivity contribution >= 4 is 16.7 Å². The number of benzene rings is 2. The lowest BCUT2D eigenvalue weighted by molar-refractivity contribution is -0.159. The molecule has 1 atom stereocenters. The Bertz CT molecular complexity index is 628. The number of esters is 1. The fourth-order valence-electron chi connectivity index (χ4n) is 2.30. The maximum Gasteiger partial charge on any atom is 0.311 e. The van der Waals surface area contributed by atoms with Gasteiger partial charge in [0.2, 0.25) is 0 Å². The van der Waals surface area contributed by atoms with Gasteiger partial charge in [0.15, 0.2) is 0 Å². The molecule has 0 amide bonds. The normalized spacial score (nSPS) is 13.1. The monoisotopic (exact) mass is 285 g/mol. The van der Waals surface area contributed by atoms with Crippen LogP contribution in [-0.2, 0) is 16.0 Å². The fourth-order valence-corrected chi connectivity index (χ4v) is 2.30. The molecule has 0 aliphatic carbocycles. The van der Waals surface area contributed by atoms with Crippen molar-refractivity contribution in [3.8, 4) is 0 Å². The summed E-state index contributed by atoms with van der Waals surface area (Å²) in [6.07, 6.45) is 0.607. The highest BCUT2D eigenvalue weighted by atomic mass is 16.6. The zero-order chi connectivity index (χ0) is 15.5. The second kappa shape index (κ2) is 6.27. The van der Waals surface area contributed by atoms with Gasteiger partial charge >= 0.3 is 5.97 Å². The molecule has 2 rings (SSSR count). The molecule has 2 N–H and O–H groups in total. The van der Waals surface area contributed by atoms with E-state index in [1.807, 2.05) is 32.9 Å². The van der Waals surface area contributed by atoms with Crippen LogP contribution in [0.25, 0.3) is 10.8 Å². The molecule has 3 heteroatoms. The summed E-state index contributed by atoms with van der Waals surface area (Å²) >= 11 is 0. The van der Waals surface area contributed by atoms with E-state index in [-0.39, 0.29) is 11.9 Å². The number of nitrogens with two attached hydrogens (primary N) is 1. The third-order valence-electron chi connectivity index (χ3n) is 3.32. The Balaban J connectivity index is 2.14. The highest BCUT2D eigenvalue weighted by Crippen LogP contribution is 2.19. The van der Waals surface area contributed by atoms with Crippen LogP contribution < -0.4 is 5.73 Å². The third kappa shape index (κ3) is 4.30. The van der Waals surface area contributed by atoms with Crippen LogP contribution in [-0.4, -0.2) is 18.1 Å². The average molecular weight is 285 g/mol. The van der Waals surface area contributed by atoms with Crippen LogP contribution in [0.5, 0.6) is 0 Å². The summed E-state index contributed by atoms with van der Waals surface area (Å²) in [6, 6.07) is 14.4. The molecule has 0 aliphatic heterocycles. The average Bonchev–Trinajstić information content (AvgIpc) is 2.42. The molecule has 0 saturated carbocycles. The minimum Gasteiger partial charge on any atom is -0.460 e. The topological polar surface area (TPSA) is 52.3 Å². The van der Waals surface area contributed by atoms with Gasteiger partial charge < -0.3 is 10.5 Å². The number of hydrogen-bond acceptors (Lipinski definition) is 3. The van der Waals surface area contributed by atoms with Crippen LogP contribution in [0.2, 0.25) is 0 Å².